The van der Waals surface area contributed by atoms with Crippen LogP contribution < -0.4 is 10.6 Å². The predicted molar refractivity (Wildman–Crippen MR) is 95.0 cm³/mol. The van der Waals surface area contributed by atoms with Crippen LogP contribution in [-0.4, -0.2) is 35.1 Å². The number of ether oxygens (including phenoxy) is 1. The molecule has 2 aromatic rings. The molecule has 3 rings (SSSR count). The molecule has 3 amide bonds. The molecule has 0 saturated heterocycles. The van der Waals surface area contributed by atoms with Crippen molar-refractivity contribution in [1.29, 1.82) is 0 Å². The molecule has 1 aromatic carbocycles. The topological polar surface area (TPSA) is 89.4 Å². The molecule has 0 radical (unpaired) electrons. The maximum Gasteiger partial charge on any atom is 0.338 e. The standard InChI is InChI=1S/C19H21N3O4/c23-17(21-19(25)20-15-5-1-2-6-15)13-26-18(24)14-7-9-16(10-8-14)22-11-3-4-12-22/h3-4,7-12,15H,1-2,5-6,13H2,(H2,20,21,23,25). The summed E-state index contributed by atoms with van der Waals surface area (Å²) in [5.74, 6) is -1.27. The molecule has 7 heteroatoms. The van der Waals surface area contributed by atoms with E-state index in [1.807, 2.05) is 29.1 Å². The third kappa shape index (κ3) is 4.72. The van der Waals surface area contributed by atoms with Gasteiger partial charge in [-0.2, -0.15) is 0 Å². The Morgan fingerprint density at radius 2 is 1.69 bits per heavy atom. The Bertz CT molecular complexity index is 763. The van der Waals surface area contributed by atoms with Crippen LogP contribution in [0, 0.1) is 0 Å². The van der Waals surface area contributed by atoms with Gasteiger partial charge in [-0.15, -0.1) is 0 Å². The minimum atomic E-state index is -0.655. The number of hydrogen-bond donors (Lipinski definition) is 2. The summed E-state index contributed by atoms with van der Waals surface area (Å²) in [7, 11) is 0. The van der Waals surface area contributed by atoms with Crippen LogP contribution in [-0.2, 0) is 9.53 Å². The number of carbonyl (C=O) groups is 3. The van der Waals surface area contributed by atoms with Crippen LogP contribution in [0.25, 0.3) is 5.69 Å². The van der Waals surface area contributed by atoms with E-state index in [-0.39, 0.29) is 6.04 Å². The number of carbonyl (C=O) groups excluding carboxylic acids is 3. The first kappa shape index (κ1) is 17.7. The summed E-state index contributed by atoms with van der Waals surface area (Å²) in [6.07, 6.45) is 7.81. The Labute approximate surface area is 151 Å². The number of benzene rings is 1. The lowest BCUT2D eigenvalue weighted by Gasteiger charge is -2.12. The Kier molecular flexibility index (Phi) is 5.68. The zero-order valence-electron chi connectivity index (χ0n) is 14.3. The van der Waals surface area contributed by atoms with Gasteiger partial charge in [-0.25, -0.2) is 9.59 Å². The summed E-state index contributed by atoms with van der Waals surface area (Å²) in [6, 6.07) is 10.2. The summed E-state index contributed by atoms with van der Waals surface area (Å²) >= 11 is 0. The van der Waals surface area contributed by atoms with Crippen molar-refractivity contribution < 1.29 is 19.1 Å². The van der Waals surface area contributed by atoms with Gasteiger partial charge in [0.2, 0.25) is 0 Å². The molecule has 26 heavy (non-hydrogen) atoms. The van der Waals surface area contributed by atoms with Crippen molar-refractivity contribution in [3.05, 3.63) is 54.4 Å². The molecule has 1 heterocycles. The van der Waals surface area contributed by atoms with Crippen molar-refractivity contribution in [2.45, 2.75) is 31.7 Å². The average Bonchev–Trinajstić information content (AvgIpc) is 3.33. The van der Waals surface area contributed by atoms with Crippen LogP contribution in [0.1, 0.15) is 36.0 Å². The summed E-state index contributed by atoms with van der Waals surface area (Å²) in [5, 5.41) is 4.91. The van der Waals surface area contributed by atoms with E-state index in [0.717, 1.165) is 31.4 Å². The second-order valence-corrected chi connectivity index (χ2v) is 6.22. The largest absolute Gasteiger partial charge is 0.452 e. The van der Waals surface area contributed by atoms with Gasteiger partial charge in [-0.05, 0) is 49.2 Å². The summed E-state index contributed by atoms with van der Waals surface area (Å²) in [6.45, 7) is -0.504. The third-order valence-corrected chi connectivity index (χ3v) is 4.28. The van der Waals surface area contributed by atoms with E-state index in [2.05, 4.69) is 10.6 Å². The van der Waals surface area contributed by atoms with Gasteiger partial charge in [0.05, 0.1) is 5.56 Å². The maximum atomic E-state index is 12.0. The number of hydrogen-bond acceptors (Lipinski definition) is 4. The molecule has 1 saturated carbocycles. The first-order valence-electron chi connectivity index (χ1n) is 8.63. The smallest absolute Gasteiger partial charge is 0.338 e. The number of nitrogens with one attached hydrogen (secondary N) is 2. The molecule has 0 spiro atoms. The molecule has 0 aliphatic heterocycles. The second kappa shape index (κ2) is 8.33. The van der Waals surface area contributed by atoms with Gasteiger partial charge in [0.25, 0.3) is 5.91 Å². The molecule has 1 fully saturated rings. The first-order chi connectivity index (χ1) is 12.6. The van der Waals surface area contributed by atoms with Gasteiger partial charge in [0.15, 0.2) is 6.61 Å². The second-order valence-electron chi connectivity index (χ2n) is 6.22. The van der Waals surface area contributed by atoms with Crippen LogP contribution in [0.4, 0.5) is 4.79 Å². The zero-order chi connectivity index (χ0) is 18.4. The lowest BCUT2D eigenvalue weighted by molar-refractivity contribution is -0.123. The lowest BCUT2D eigenvalue weighted by atomic mass is 10.2. The van der Waals surface area contributed by atoms with Crippen molar-refractivity contribution in [1.82, 2.24) is 15.2 Å². The predicted octanol–water partition coefficient (Wildman–Crippen LogP) is 2.40. The van der Waals surface area contributed by atoms with E-state index in [1.54, 1.807) is 24.3 Å². The van der Waals surface area contributed by atoms with Crippen LogP contribution >= 0.6 is 0 Å². The van der Waals surface area contributed by atoms with Gasteiger partial charge in [0.1, 0.15) is 0 Å². The SMILES string of the molecule is O=C(COC(=O)c1ccc(-n2cccc2)cc1)NC(=O)NC1CCCC1. The number of esters is 1. The van der Waals surface area contributed by atoms with Crippen LogP contribution in [0.3, 0.4) is 0 Å². The molecule has 0 bridgehead atoms. The van der Waals surface area contributed by atoms with Crippen LogP contribution in [0.15, 0.2) is 48.8 Å². The summed E-state index contributed by atoms with van der Waals surface area (Å²) in [5.41, 5.74) is 1.25. The minimum Gasteiger partial charge on any atom is -0.452 e. The van der Waals surface area contributed by atoms with Crippen molar-refractivity contribution in [3.8, 4) is 5.69 Å². The monoisotopic (exact) mass is 355 g/mol. The van der Waals surface area contributed by atoms with Gasteiger partial charge >= 0.3 is 12.0 Å². The quantitative estimate of drug-likeness (QED) is 0.806. The molecular formula is C19H21N3O4. The van der Waals surface area contributed by atoms with Crippen molar-refractivity contribution in [3.63, 3.8) is 0 Å². The fourth-order valence-electron chi connectivity index (χ4n) is 2.95. The third-order valence-electron chi connectivity index (χ3n) is 4.28. The van der Waals surface area contributed by atoms with Crippen molar-refractivity contribution in [2.24, 2.45) is 0 Å². The highest BCUT2D eigenvalue weighted by molar-refractivity contribution is 5.97. The Balaban J connectivity index is 1.44. The minimum absolute atomic E-state index is 0.115. The highest BCUT2D eigenvalue weighted by atomic mass is 16.5. The molecular weight excluding hydrogens is 334 g/mol. The van der Waals surface area contributed by atoms with Gasteiger partial charge in [0, 0.05) is 24.1 Å². The average molecular weight is 355 g/mol. The maximum absolute atomic E-state index is 12.0. The van der Waals surface area contributed by atoms with E-state index < -0.39 is 24.5 Å². The molecule has 7 nitrogen and oxygen atoms in total. The Hall–Kier alpha value is -3.09. The number of imide groups is 1. The molecule has 1 aliphatic rings. The Morgan fingerprint density at radius 1 is 1.04 bits per heavy atom. The van der Waals surface area contributed by atoms with Gasteiger partial charge in [-0.3, -0.25) is 10.1 Å². The summed E-state index contributed by atoms with van der Waals surface area (Å²) in [4.78, 5) is 35.4. The molecule has 0 unspecified atom stereocenters. The van der Waals surface area contributed by atoms with Crippen molar-refractivity contribution >= 4 is 17.9 Å². The molecule has 1 aromatic heterocycles. The van der Waals surface area contributed by atoms with E-state index in [9.17, 15) is 14.4 Å². The Morgan fingerprint density at radius 3 is 2.35 bits per heavy atom. The number of aromatic nitrogens is 1. The number of rotatable bonds is 5. The van der Waals surface area contributed by atoms with E-state index in [0.29, 0.717) is 5.56 Å². The highest BCUT2D eigenvalue weighted by Gasteiger charge is 2.18. The zero-order valence-corrected chi connectivity index (χ0v) is 14.3. The summed E-state index contributed by atoms with van der Waals surface area (Å²) < 4.78 is 6.86. The van der Waals surface area contributed by atoms with Gasteiger partial charge < -0.3 is 14.6 Å². The molecule has 2 N–H and O–H groups in total. The molecule has 136 valence electrons. The fraction of sp³-hybridized carbons (Fsp3) is 0.316. The number of nitrogens with zero attached hydrogens (tertiary/aromatic N) is 1. The van der Waals surface area contributed by atoms with Crippen LogP contribution in [0.5, 0.6) is 0 Å². The van der Waals surface area contributed by atoms with Crippen molar-refractivity contribution in [2.75, 3.05) is 6.61 Å². The number of amides is 3. The lowest BCUT2D eigenvalue weighted by Crippen LogP contribution is -2.44. The van der Waals surface area contributed by atoms with E-state index in [4.69, 9.17) is 4.74 Å². The normalized spacial score (nSPS) is 14.0. The fourth-order valence-corrected chi connectivity index (χ4v) is 2.95. The van der Waals surface area contributed by atoms with Crippen LogP contribution in [0.2, 0.25) is 0 Å². The first-order valence-corrected chi connectivity index (χ1v) is 8.63. The van der Waals surface area contributed by atoms with E-state index >= 15 is 0 Å². The highest BCUT2D eigenvalue weighted by Crippen LogP contribution is 2.17. The molecule has 0 atom stereocenters. The van der Waals surface area contributed by atoms with E-state index in [1.165, 1.54) is 0 Å². The van der Waals surface area contributed by atoms with Gasteiger partial charge in [-0.1, -0.05) is 12.8 Å². The number of urea groups is 1. The molecule has 1 aliphatic carbocycles.